The van der Waals surface area contributed by atoms with E-state index in [0.717, 1.165) is 6.42 Å². The Balaban J connectivity index is 3.68. The van der Waals surface area contributed by atoms with E-state index < -0.39 is 0 Å². The van der Waals surface area contributed by atoms with Crippen molar-refractivity contribution < 1.29 is 4.79 Å². The molecule has 0 saturated heterocycles. The average Bonchev–Trinajstić information content (AvgIpc) is 2.01. The Morgan fingerprint density at radius 1 is 1.58 bits per heavy atom. The van der Waals surface area contributed by atoms with Crippen LogP contribution < -0.4 is 5.73 Å². The molecule has 0 unspecified atom stereocenters. The first-order valence-electron chi connectivity index (χ1n) is 3.89. The molecule has 0 aromatic heterocycles. The molecule has 2 N–H and O–H groups in total. The van der Waals surface area contributed by atoms with Crippen LogP contribution >= 0.6 is 11.6 Å². The lowest BCUT2D eigenvalue weighted by Gasteiger charge is -1.97. The summed E-state index contributed by atoms with van der Waals surface area (Å²) in [5.41, 5.74) is 5.25. The van der Waals surface area contributed by atoms with Crippen LogP contribution in [0.2, 0.25) is 0 Å². The van der Waals surface area contributed by atoms with E-state index >= 15 is 0 Å². The monoisotopic (exact) mass is 187 g/mol. The molecule has 2 nitrogen and oxygen atoms in total. The second-order valence-electron chi connectivity index (χ2n) is 2.46. The van der Waals surface area contributed by atoms with Gasteiger partial charge >= 0.3 is 0 Å². The van der Waals surface area contributed by atoms with Gasteiger partial charge in [-0.05, 0) is 19.0 Å². The summed E-state index contributed by atoms with van der Waals surface area (Å²) in [4.78, 5) is 11.1. The lowest BCUT2D eigenvalue weighted by atomic mass is 10.1. The number of Topliss-reactive ketones (excluding diaryl/α,β-unsaturated/α-hetero) is 1. The molecule has 0 atom stereocenters. The van der Waals surface area contributed by atoms with Crippen molar-refractivity contribution in [2.24, 2.45) is 5.73 Å². The van der Waals surface area contributed by atoms with Crippen LogP contribution in [0.4, 0.5) is 0 Å². The van der Waals surface area contributed by atoms with Crippen LogP contribution in [0.1, 0.15) is 19.3 Å². The second-order valence-corrected chi connectivity index (χ2v) is 2.94. The van der Waals surface area contributed by atoms with Gasteiger partial charge in [0.15, 0.2) is 0 Å². The van der Waals surface area contributed by atoms with Gasteiger partial charge in [0.1, 0.15) is 5.78 Å². The molecular formula is C9H14ClNO. The van der Waals surface area contributed by atoms with E-state index in [1.165, 1.54) is 0 Å². The van der Waals surface area contributed by atoms with Gasteiger partial charge in [-0.2, -0.15) is 0 Å². The maximum Gasteiger partial charge on any atom is 0.138 e. The fraction of sp³-hybridized carbons (Fsp3) is 0.444. The van der Waals surface area contributed by atoms with E-state index in [9.17, 15) is 4.79 Å². The van der Waals surface area contributed by atoms with Gasteiger partial charge in [-0.3, -0.25) is 4.79 Å². The quantitative estimate of drug-likeness (QED) is 0.647. The zero-order chi connectivity index (χ0) is 9.40. The molecule has 0 spiro atoms. The summed E-state index contributed by atoms with van der Waals surface area (Å²) in [6.45, 7) is 4.03. The Kier molecular flexibility index (Phi) is 6.72. The number of carbonyl (C=O) groups is 1. The first kappa shape index (κ1) is 11.4. The Morgan fingerprint density at radius 2 is 2.25 bits per heavy atom. The molecule has 0 saturated carbocycles. The minimum atomic E-state index is 0.128. The Bertz CT molecular complexity index is 187. The molecule has 0 aliphatic heterocycles. The molecule has 0 bridgehead atoms. The van der Waals surface area contributed by atoms with E-state index in [-0.39, 0.29) is 5.78 Å². The highest BCUT2D eigenvalue weighted by molar-refractivity contribution is 6.31. The first-order chi connectivity index (χ1) is 5.70. The molecule has 68 valence electrons. The van der Waals surface area contributed by atoms with Crippen molar-refractivity contribution in [1.82, 2.24) is 0 Å². The third-order valence-electron chi connectivity index (χ3n) is 1.32. The number of ketones is 1. The molecule has 0 fully saturated rings. The molecule has 0 aliphatic carbocycles. The standard InChI is InChI=1S/C9H14ClNO/c1-2-4-8(10)7-9(12)5-3-6-11/h2,4H,1,3,5-7,11H2/b8-4+. The Hall–Kier alpha value is -0.600. The fourth-order valence-electron chi connectivity index (χ4n) is 0.763. The van der Waals surface area contributed by atoms with E-state index in [2.05, 4.69) is 6.58 Å². The van der Waals surface area contributed by atoms with Crippen molar-refractivity contribution in [1.29, 1.82) is 0 Å². The highest BCUT2D eigenvalue weighted by atomic mass is 35.5. The predicted molar refractivity (Wildman–Crippen MR) is 52.0 cm³/mol. The Morgan fingerprint density at radius 3 is 2.75 bits per heavy atom. The normalized spacial score (nSPS) is 11.3. The van der Waals surface area contributed by atoms with Crippen LogP contribution in [0, 0.1) is 0 Å². The van der Waals surface area contributed by atoms with Crippen molar-refractivity contribution in [2.45, 2.75) is 19.3 Å². The zero-order valence-electron chi connectivity index (χ0n) is 7.05. The number of hydrogen-bond acceptors (Lipinski definition) is 2. The van der Waals surface area contributed by atoms with Crippen LogP contribution in [0.5, 0.6) is 0 Å². The summed E-state index contributed by atoms with van der Waals surface area (Å²) in [6, 6.07) is 0. The number of allylic oxidation sites excluding steroid dienone is 3. The van der Waals surface area contributed by atoms with Crippen LogP contribution in [0.3, 0.4) is 0 Å². The van der Waals surface area contributed by atoms with Gasteiger partial charge in [0.25, 0.3) is 0 Å². The predicted octanol–water partition coefficient (Wildman–Crippen LogP) is 1.99. The maximum absolute atomic E-state index is 11.1. The molecular weight excluding hydrogens is 174 g/mol. The summed E-state index contributed by atoms with van der Waals surface area (Å²) in [5.74, 6) is 0.128. The fourth-order valence-corrected chi connectivity index (χ4v) is 1.00. The van der Waals surface area contributed by atoms with Crippen molar-refractivity contribution in [3.63, 3.8) is 0 Å². The molecule has 0 rings (SSSR count). The van der Waals surface area contributed by atoms with Crippen LogP contribution in [0.25, 0.3) is 0 Å². The number of halogens is 1. The molecule has 0 aromatic carbocycles. The summed E-state index contributed by atoms with van der Waals surface area (Å²) in [6.07, 6.45) is 4.74. The van der Waals surface area contributed by atoms with Gasteiger partial charge in [0, 0.05) is 17.9 Å². The SMILES string of the molecule is C=C/C=C(/Cl)CC(=O)CCCN. The number of nitrogens with two attached hydrogens (primary N) is 1. The van der Waals surface area contributed by atoms with Crippen molar-refractivity contribution in [3.8, 4) is 0 Å². The number of hydrogen-bond donors (Lipinski definition) is 1. The van der Waals surface area contributed by atoms with Gasteiger partial charge in [-0.1, -0.05) is 24.3 Å². The van der Waals surface area contributed by atoms with Crippen molar-refractivity contribution in [2.75, 3.05) is 6.54 Å². The lowest BCUT2D eigenvalue weighted by molar-refractivity contribution is -0.118. The van der Waals surface area contributed by atoms with Gasteiger partial charge in [-0.15, -0.1) is 0 Å². The zero-order valence-corrected chi connectivity index (χ0v) is 7.81. The topological polar surface area (TPSA) is 43.1 Å². The molecule has 0 radical (unpaired) electrons. The molecule has 12 heavy (non-hydrogen) atoms. The number of rotatable bonds is 6. The van der Waals surface area contributed by atoms with Crippen molar-refractivity contribution >= 4 is 17.4 Å². The van der Waals surface area contributed by atoms with Gasteiger partial charge in [-0.25, -0.2) is 0 Å². The second kappa shape index (κ2) is 7.07. The van der Waals surface area contributed by atoms with E-state index in [1.54, 1.807) is 12.2 Å². The Labute approximate surface area is 78.1 Å². The minimum absolute atomic E-state index is 0.128. The summed E-state index contributed by atoms with van der Waals surface area (Å²) >= 11 is 5.69. The molecule has 0 aliphatic rings. The first-order valence-corrected chi connectivity index (χ1v) is 4.27. The van der Waals surface area contributed by atoms with E-state index in [4.69, 9.17) is 17.3 Å². The summed E-state index contributed by atoms with van der Waals surface area (Å²) < 4.78 is 0. The van der Waals surface area contributed by atoms with Gasteiger partial charge in [0.05, 0.1) is 0 Å². The van der Waals surface area contributed by atoms with E-state index in [0.29, 0.717) is 24.4 Å². The molecule has 0 amide bonds. The lowest BCUT2D eigenvalue weighted by Crippen LogP contribution is -2.04. The number of carbonyl (C=O) groups excluding carboxylic acids is 1. The highest BCUT2D eigenvalue weighted by Crippen LogP contribution is 2.09. The average molecular weight is 188 g/mol. The third-order valence-corrected chi connectivity index (χ3v) is 1.58. The summed E-state index contributed by atoms with van der Waals surface area (Å²) in [7, 11) is 0. The van der Waals surface area contributed by atoms with Gasteiger partial charge < -0.3 is 5.73 Å². The van der Waals surface area contributed by atoms with Gasteiger partial charge in [0.2, 0.25) is 0 Å². The van der Waals surface area contributed by atoms with Crippen LogP contribution in [-0.4, -0.2) is 12.3 Å². The molecule has 0 aromatic rings. The molecule has 0 heterocycles. The van der Waals surface area contributed by atoms with Crippen molar-refractivity contribution in [3.05, 3.63) is 23.8 Å². The third kappa shape index (κ3) is 6.13. The van der Waals surface area contributed by atoms with Crippen LogP contribution in [-0.2, 0) is 4.79 Å². The summed E-state index contributed by atoms with van der Waals surface area (Å²) in [5, 5.41) is 0.534. The van der Waals surface area contributed by atoms with E-state index in [1.807, 2.05) is 0 Å². The highest BCUT2D eigenvalue weighted by Gasteiger charge is 2.02. The smallest absolute Gasteiger partial charge is 0.138 e. The largest absolute Gasteiger partial charge is 0.330 e. The molecule has 3 heteroatoms. The minimum Gasteiger partial charge on any atom is -0.330 e. The maximum atomic E-state index is 11.1. The van der Waals surface area contributed by atoms with Crippen LogP contribution in [0.15, 0.2) is 23.8 Å².